The summed E-state index contributed by atoms with van der Waals surface area (Å²) in [6.07, 6.45) is 0. The highest BCUT2D eigenvalue weighted by Crippen LogP contribution is 2.27. The van der Waals surface area contributed by atoms with Crippen molar-refractivity contribution in [3.05, 3.63) is 68.8 Å². The summed E-state index contributed by atoms with van der Waals surface area (Å²) < 4.78 is 4.65. The second kappa shape index (κ2) is 7.99. The van der Waals surface area contributed by atoms with E-state index in [-0.39, 0.29) is 22.9 Å². The summed E-state index contributed by atoms with van der Waals surface area (Å²) in [5.74, 6) is -1.16. The van der Waals surface area contributed by atoms with Gasteiger partial charge in [0.25, 0.3) is 11.6 Å². The largest absolute Gasteiger partial charge is 0.465 e. The van der Waals surface area contributed by atoms with Gasteiger partial charge in [0, 0.05) is 29.4 Å². The monoisotopic (exact) mass is 370 g/mol. The SMILES string of the molecule is COC(=O)c1cc(C(=O)N(c2cc(C)ccc2C)C(C)C)cc([N+](=O)[O-])c1. The van der Waals surface area contributed by atoms with Gasteiger partial charge in [-0.05, 0) is 51.0 Å². The molecule has 0 heterocycles. The molecule has 0 spiro atoms. The third kappa shape index (κ3) is 4.31. The van der Waals surface area contributed by atoms with Gasteiger partial charge in [-0.2, -0.15) is 0 Å². The lowest BCUT2D eigenvalue weighted by atomic mass is 10.0. The van der Waals surface area contributed by atoms with Crippen molar-refractivity contribution in [2.75, 3.05) is 12.0 Å². The molecule has 7 heteroatoms. The summed E-state index contributed by atoms with van der Waals surface area (Å²) in [5, 5.41) is 11.2. The van der Waals surface area contributed by atoms with E-state index in [1.165, 1.54) is 19.2 Å². The molecule has 0 bridgehead atoms. The first-order valence-corrected chi connectivity index (χ1v) is 8.44. The Hall–Kier alpha value is -3.22. The van der Waals surface area contributed by atoms with E-state index in [1.807, 2.05) is 45.9 Å². The number of methoxy groups -OCH3 is 1. The van der Waals surface area contributed by atoms with E-state index in [2.05, 4.69) is 4.74 Å². The van der Waals surface area contributed by atoms with E-state index in [0.29, 0.717) is 0 Å². The van der Waals surface area contributed by atoms with Crippen molar-refractivity contribution in [3.8, 4) is 0 Å². The number of esters is 1. The molecular weight excluding hydrogens is 348 g/mol. The number of amides is 1. The molecule has 0 unspecified atom stereocenters. The third-order valence-corrected chi connectivity index (χ3v) is 4.16. The van der Waals surface area contributed by atoms with Crippen LogP contribution in [0.25, 0.3) is 0 Å². The van der Waals surface area contributed by atoms with Gasteiger partial charge < -0.3 is 9.64 Å². The normalized spacial score (nSPS) is 10.6. The van der Waals surface area contributed by atoms with Crippen molar-refractivity contribution in [2.24, 2.45) is 0 Å². The van der Waals surface area contributed by atoms with Crippen molar-refractivity contribution < 1.29 is 19.2 Å². The molecule has 0 atom stereocenters. The number of anilines is 1. The van der Waals surface area contributed by atoms with Crippen LogP contribution in [0.3, 0.4) is 0 Å². The zero-order chi connectivity index (χ0) is 20.3. The Bertz CT molecular complexity index is 905. The number of carbonyl (C=O) groups is 2. The minimum Gasteiger partial charge on any atom is -0.465 e. The molecule has 0 N–H and O–H groups in total. The molecule has 0 aliphatic carbocycles. The second-order valence-corrected chi connectivity index (χ2v) is 6.58. The van der Waals surface area contributed by atoms with Crippen molar-refractivity contribution in [1.82, 2.24) is 0 Å². The predicted molar refractivity (Wildman–Crippen MR) is 102 cm³/mol. The van der Waals surface area contributed by atoms with Crippen LogP contribution in [0.4, 0.5) is 11.4 Å². The highest BCUT2D eigenvalue weighted by atomic mass is 16.6. The maximum Gasteiger partial charge on any atom is 0.338 e. The number of hydrogen-bond acceptors (Lipinski definition) is 5. The average Bonchev–Trinajstić information content (AvgIpc) is 2.63. The van der Waals surface area contributed by atoms with E-state index in [0.717, 1.165) is 22.9 Å². The number of benzene rings is 2. The minimum absolute atomic E-state index is 0.0419. The van der Waals surface area contributed by atoms with Crippen LogP contribution in [0, 0.1) is 24.0 Å². The maximum atomic E-state index is 13.2. The summed E-state index contributed by atoms with van der Waals surface area (Å²) in [5.41, 5.74) is 2.29. The average molecular weight is 370 g/mol. The summed E-state index contributed by atoms with van der Waals surface area (Å²) in [6.45, 7) is 7.54. The van der Waals surface area contributed by atoms with Crippen LogP contribution in [0.15, 0.2) is 36.4 Å². The highest BCUT2D eigenvalue weighted by Gasteiger charge is 2.25. The first-order chi connectivity index (χ1) is 12.6. The van der Waals surface area contributed by atoms with Crippen molar-refractivity contribution in [3.63, 3.8) is 0 Å². The van der Waals surface area contributed by atoms with Gasteiger partial charge in [0.2, 0.25) is 0 Å². The van der Waals surface area contributed by atoms with Gasteiger partial charge in [0.1, 0.15) is 0 Å². The molecule has 2 rings (SSSR count). The Morgan fingerprint density at radius 3 is 2.26 bits per heavy atom. The number of nitro benzene ring substituents is 1. The lowest BCUT2D eigenvalue weighted by molar-refractivity contribution is -0.384. The van der Waals surface area contributed by atoms with E-state index in [1.54, 1.807) is 4.90 Å². The van der Waals surface area contributed by atoms with Crippen molar-refractivity contribution in [2.45, 2.75) is 33.7 Å². The Labute approximate surface area is 157 Å². The van der Waals surface area contributed by atoms with Gasteiger partial charge in [0.15, 0.2) is 0 Å². The zero-order valence-corrected chi connectivity index (χ0v) is 16.0. The molecule has 142 valence electrons. The predicted octanol–water partition coefficient (Wildman–Crippen LogP) is 4.05. The summed E-state index contributed by atoms with van der Waals surface area (Å²) in [6, 6.07) is 9.16. The van der Waals surface area contributed by atoms with Gasteiger partial charge in [-0.3, -0.25) is 14.9 Å². The number of carbonyl (C=O) groups excluding carboxylic acids is 2. The lowest BCUT2D eigenvalue weighted by Crippen LogP contribution is -2.37. The smallest absolute Gasteiger partial charge is 0.338 e. The van der Waals surface area contributed by atoms with Crippen LogP contribution in [-0.2, 0) is 4.74 Å². The number of nitrogens with zero attached hydrogens (tertiary/aromatic N) is 2. The number of ether oxygens (including phenoxy) is 1. The Morgan fingerprint density at radius 1 is 1.07 bits per heavy atom. The number of hydrogen-bond donors (Lipinski definition) is 0. The van der Waals surface area contributed by atoms with Crippen LogP contribution in [0.5, 0.6) is 0 Å². The molecule has 0 saturated heterocycles. The van der Waals surface area contributed by atoms with Gasteiger partial charge in [0.05, 0.1) is 17.6 Å². The van der Waals surface area contributed by atoms with Gasteiger partial charge >= 0.3 is 5.97 Å². The van der Waals surface area contributed by atoms with Crippen LogP contribution in [0.1, 0.15) is 45.7 Å². The second-order valence-electron chi connectivity index (χ2n) is 6.58. The van der Waals surface area contributed by atoms with Crippen LogP contribution < -0.4 is 4.90 Å². The first-order valence-electron chi connectivity index (χ1n) is 8.44. The molecule has 0 aromatic heterocycles. The van der Waals surface area contributed by atoms with E-state index < -0.39 is 16.8 Å². The zero-order valence-electron chi connectivity index (χ0n) is 16.0. The molecule has 1 amide bonds. The highest BCUT2D eigenvalue weighted by molar-refractivity contribution is 6.08. The van der Waals surface area contributed by atoms with Crippen molar-refractivity contribution >= 4 is 23.3 Å². The standard InChI is InChI=1S/C20H22N2O5/c1-12(2)21(18-8-13(3)6-7-14(18)4)19(23)15-9-16(20(24)27-5)11-17(10-15)22(25)26/h6-12H,1-5H3. The third-order valence-electron chi connectivity index (χ3n) is 4.16. The Balaban J connectivity index is 2.62. The molecule has 27 heavy (non-hydrogen) atoms. The first kappa shape index (κ1) is 20.1. The molecule has 2 aromatic rings. The van der Waals surface area contributed by atoms with E-state index in [9.17, 15) is 19.7 Å². The fraction of sp³-hybridized carbons (Fsp3) is 0.300. The molecule has 0 radical (unpaired) electrons. The Kier molecular flexibility index (Phi) is 5.95. The molecule has 0 saturated carbocycles. The number of nitro groups is 1. The quantitative estimate of drug-likeness (QED) is 0.450. The maximum absolute atomic E-state index is 13.2. The Morgan fingerprint density at radius 2 is 1.70 bits per heavy atom. The lowest BCUT2D eigenvalue weighted by Gasteiger charge is -2.29. The summed E-state index contributed by atoms with van der Waals surface area (Å²) >= 11 is 0. The van der Waals surface area contributed by atoms with E-state index in [4.69, 9.17) is 0 Å². The van der Waals surface area contributed by atoms with Crippen molar-refractivity contribution in [1.29, 1.82) is 0 Å². The fourth-order valence-corrected chi connectivity index (χ4v) is 2.82. The fourth-order valence-electron chi connectivity index (χ4n) is 2.82. The molecule has 0 aliphatic heterocycles. The molecule has 0 fully saturated rings. The molecular formula is C20H22N2O5. The van der Waals surface area contributed by atoms with Gasteiger partial charge in [-0.1, -0.05) is 12.1 Å². The summed E-state index contributed by atoms with van der Waals surface area (Å²) in [7, 11) is 1.18. The van der Waals surface area contributed by atoms with Gasteiger partial charge in [-0.25, -0.2) is 4.79 Å². The van der Waals surface area contributed by atoms with Crippen LogP contribution >= 0.6 is 0 Å². The van der Waals surface area contributed by atoms with Crippen LogP contribution in [-0.4, -0.2) is 30.0 Å². The number of rotatable bonds is 5. The summed E-state index contributed by atoms with van der Waals surface area (Å²) in [4.78, 5) is 37.3. The van der Waals surface area contributed by atoms with Gasteiger partial charge in [-0.15, -0.1) is 0 Å². The molecule has 0 aliphatic rings. The number of non-ortho nitro benzene ring substituents is 1. The van der Waals surface area contributed by atoms with Crippen LogP contribution in [0.2, 0.25) is 0 Å². The minimum atomic E-state index is -0.740. The topological polar surface area (TPSA) is 89.8 Å². The number of aryl methyl sites for hydroxylation is 2. The van der Waals surface area contributed by atoms with E-state index >= 15 is 0 Å². The molecule has 2 aromatic carbocycles. The molecule has 7 nitrogen and oxygen atoms in total.